The number of nitrogens with one attached hydrogen (secondary N) is 2. The van der Waals surface area contributed by atoms with Crippen molar-refractivity contribution in [1.82, 2.24) is 15.5 Å². The molecular weight excluding hydrogens is 318 g/mol. The van der Waals surface area contributed by atoms with Gasteiger partial charge in [-0.1, -0.05) is 43.7 Å². The maximum Gasteiger partial charge on any atom is 0.242 e. The fourth-order valence-corrected chi connectivity index (χ4v) is 2.94. The van der Waals surface area contributed by atoms with Gasteiger partial charge in [-0.05, 0) is 18.9 Å². The van der Waals surface area contributed by atoms with Crippen LogP contribution in [0, 0.1) is 0 Å². The molecule has 0 saturated carbocycles. The highest BCUT2D eigenvalue weighted by molar-refractivity contribution is 5.90. The van der Waals surface area contributed by atoms with Crippen LogP contribution in [-0.2, 0) is 14.4 Å². The summed E-state index contributed by atoms with van der Waals surface area (Å²) >= 11 is 0. The molecule has 1 aliphatic heterocycles. The van der Waals surface area contributed by atoms with E-state index in [4.69, 9.17) is 0 Å². The Kier molecular flexibility index (Phi) is 6.98. The molecule has 2 atom stereocenters. The number of hydrogen-bond acceptors (Lipinski definition) is 3. The van der Waals surface area contributed by atoms with Crippen LogP contribution in [0.15, 0.2) is 30.3 Å². The number of hydrogen-bond donors (Lipinski definition) is 2. The van der Waals surface area contributed by atoms with Crippen molar-refractivity contribution in [1.29, 1.82) is 0 Å². The Morgan fingerprint density at radius 3 is 2.68 bits per heavy atom. The summed E-state index contributed by atoms with van der Waals surface area (Å²) in [5.74, 6) is -0.405. The summed E-state index contributed by atoms with van der Waals surface area (Å²) in [7, 11) is 0. The Morgan fingerprint density at radius 2 is 2.00 bits per heavy atom. The van der Waals surface area contributed by atoms with Gasteiger partial charge in [0.2, 0.25) is 17.7 Å². The summed E-state index contributed by atoms with van der Waals surface area (Å²) in [6.45, 7) is 4.84. The second-order valence-electron chi connectivity index (χ2n) is 6.52. The van der Waals surface area contributed by atoms with E-state index < -0.39 is 6.04 Å². The Labute approximate surface area is 149 Å². The zero-order chi connectivity index (χ0) is 18.2. The van der Waals surface area contributed by atoms with Gasteiger partial charge < -0.3 is 15.5 Å². The first-order chi connectivity index (χ1) is 12.0. The first-order valence-electron chi connectivity index (χ1n) is 8.91. The predicted octanol–water partition coefficient (Wildman–Crippen LogP) is 1.42. The van der Waals surface area contributed by atoms with E-state index in [1.165, 1.54) is 0 Å². The molecule has 6 nitrogen and oxygen atoms in total. The summed E-state index contributed by atoms with van der Waals surface area (Å²) in [6.07, 6.45) is 2.33. The van der Waals surface area contributed by atoms with E-state index in [1.807, 2.05) is 37.3 Å². The van der Waals surface area contributed by atoms with Crippen molar-refractivity contribution in [2.45, 2.75) is 45.1 Å². The SMILES string of the molecule is CCCCNC(=O)C(C)NC(=O)CN1CC(c2ccccc2)CC1=O. The van der Waals surface area contributed by atoms with Crippen molar-refractivity contribution in [2.24, 2.45) is 0 Å². The van der Waals surface area contributed by atoms with Crippen molar-refractivity contribution >= 4 is 17.7 Å². The van der Waals surface area contributed by atoms with E-state index in [2.05, 4.69) is 10.6 Å². The summed E-state index contributed by atoms with van der Waals surface area (Å²) in [5.41, 5.74) is 1.11. The molecule has 1 fully saturated rings. The molecule has 3 amide bonds. The molecular formula is C19H27N3O3. The monoisotopic (exact) mass is 345 g/mol. The molecule has 0 aromatic heterocycles. The Hall–Kier alpha value is -2.37. The molecule has 0 aliphatic carbocycles. The van der Waals surface area contributed by atoms with Crippen LogP contribution < -0.4 is 10.6 Å². The van der Waals surface area contributed by atoms with Gasteiger partial charge in [-0.15, -0.1) is 0 Å². The van der Waals surface area contributed by atoms with Crippen molar-refractivity contribution in [3.8, 4) is 0 Å². The van der Waals surface area contributed by atoms with Crippen molar-refractivity contribution in [2.75, 3.05) is 19.6 Å². The molecule has 25 heavy (non-hydrogen) atoms. The van der Waals surface area contributed by atoms with Gasteiger partial charge in [0.15, 0.2) is 0 Å². The van der Waals surface area contributed by atoms with Crippen molar-refractivity contribution in [3.63, 3.8) is 0 Å². The topological polar surface area (TPSA) is 78.5 Å². The lowest BCUT2D eigenvalue weighted by Gasteiger charge is -2.19. The molecule has 1 aromatic rings. The molecule has 2 N–H and O–H groups in total. The lowest BCUT2D eigenvalue weighted by atomic mass is 9.99. The fraction of sp³-hybridized carbons (Fsp3) is 0.526. The largest absolute Gasteiger partial charge is 0.354 e. The summed E-state index contributed by atoms with van der Waals surface area (Å²) in [6, 6.07) is 9.25. The van der Waals surface area contributed by atoms with Gasteiger partial charge >= 0.3 is 0 Å². The minimum Gasteiger partial charge on any atom is -0.354 e. The smallest absolute Gasteiger partial charge is 0.242 e. The molecule has 2 unspecified atom stereocenters. The van der Waals surface area contributed by atoms with Gasteiger partial charge in [-0.3, -0.25) is 14.4 Å². The average Bonchev–Trinajstić information content (AvgIpc) is 2.96. The third-order valence-corrected chi connectivity index (χ3v) is 4.42. The van der Waals surface area contributed by atoms with Crippen LogP contribution in [0.4, 0.5) is 0 Å². The van der Waals surface area contributed by atoms with Crippen LogP contribution in [-0.4, -0.2) is 48.3 Å². The lowest BCUT2D eigenvalue weighted by Crippen LogP contribution is -2.48. The molecule has 1 aromatic carbocycles. The highest BCUT2D eigenvalue weighted by Gasteiger charge is 2.32. The number of rotatable bonds is 8. The van der Waals surface area contributed by atoms with Crippen LogP contribution in [0.1, 0.15) is 44.6 Å². The number of carbonyl (C=O) groups is 3. The maximum atomic E-state index is 12.2. The summed E-state index contributed by atoms with van der Waals surface area (Å²) in [5, 5.41) is 5.45. The van der Waals surface area contributed by atoms with Gasteiger partial charge in [-0.25, -0.2) is 0 Å². The minimum absolute atomic E-state index is 0.00521. The van der Waals surface area contributed by atoms with Crippen LogP contribution in [0.25, 0.3) is 0 Å². The van der Waals surface area contributed by atoms with Crippen LogP contribution >= 0.6 is 0 Å². The molecule has 1 aliphatic rings. The van der Waals surface area contributed by atoms with E-state index in [1.54, 1.807) is 11.8 Å². The number of benzene rings is 1. The lowest BCUT2D eigenvalue weighted by molar-refractivity contribution is -0.134. The maximum absolute atomic E-state index is 12.2. The van der Waals surface area contributed by atoms with Gasteiger partial charge in [0, 0.05) is 25.4 Å². The highest BCUT2D eigenvalue weighted by Crippen LogP contribution is 2.27. The molecule has 1 saturated heterocycles. The first kappa shape index (κ1) is 19.0. The Bertz CT molecular complexity index is 603. The van der Waals surface area contributed by atoms with Crippen LogP contribution in [0.5, 0.6) is 0 Å². The second-order valence-corrected chi connectivity index (χ2v) is 6.52. The van der Waals surface area contributed by atoms with Gasteiger partial charge in [0.05, 0.1) is 6.54 Å². The Morgan fingerprint density at radius 1 is 1.28 bits per heavy atom. The summed E-state index contributed by atoms with van der Waals surface area (Å²) in [4.78, 5) is 37.8. The van der Waals surface area contributed by atoms with E-state index in [-0.39, 0.29) is 30.2 Å². The third-order valence-electron chi connectivity index (χ3n) is 4.42. The predicted molar refractivity (Wildman–Crippen MR) is 95.9 cm³/mol. The normalized spacial score (nSPS) is 18.1. The van der Waals surface area contributed by atoms with Crippen LogP contribution in [0.3, 0.4) is 0 Å². The molecule has 136 valence electrons. The van der Waals surface area contributed by atoms with E-state index in [0.29, 0.717) is 19.5 Å². The van der Waals surface area contributed by atoms with Crippen molar-refractivity contribution in [3.05, 3.63) is 35.9 Å². The summed E-state index contributed by atoms with van der Waals surface area (Å²) < 4.78 is 0. The first-order valence-corrected chi connectivity index (χ1v) is 8.91. The van der Waals surface area contributed by atoms with Gasteiger partial charge in [0.1, 0.15) is 6.04 Å². The second kappa shape index (κ2) is 9.20. The minimum atomic E-state index is -0.605. The molecule has 1 heterocycles. The number of nitrogens with zero attached hydrogens (tertiary/aromatic N) is 1. The zero-order valence-electron chi connectivity index (χ0n) is 15.0. The molecule has 0 radical (unpaired) electrons. The molecule has 0 bridgehead atoms. The number of amides is 3. The fourth-order valence-electron chi connectivity index (χ4n) is 2.94. The average molecular weight is 345 g/mol. The quantitative estimate of drug-likeness (QED) is 0.700. The van der Waals surface area contributed by atoms with Gasteiger partial charge in [0.25, 0.3) is 0 Å². The highest BCUT2D eigenvalue weighted by atomic mass is 16.2. The molecule has 6 heteroatoms. The van der Waals surface area contributed by atoms with Crippen molar-refractivity contribution < 1.29 is 14.4 Å². The third kappa shape index (κ3) is 5.59. The molecule has 2 rings (SSSR count). The Balaban J connectivity index is 1.80. The zero-order valence-corrected chi connectivity index (χ0v) is 15.0. The van der Waals surface area contributed by atoms with E-state index in [9.17, 15) is 14.4 Å². The standard InChI is InChI=1S/C19H27N3O3/c1-3-4-10-20-19(25)14(2)21-17(23)13-22-12-16(11-18(22)24)15-8-6-5-7-9-15/h5-9,14,16H,3-4,10-13H2,1-2H3,(H,20,25)(H,21,23). The number of carbonyl (C=O) groups excluding carboxylic acids is 3. The van der Waals surface area contributed by atoms with E-state index in [0.717, 1.165) is 18.4 Å². The van der Waals surface area contributed by atoms with E-state index >= 15 is 0 Å². The van der Waals surface area contributed by atoms with Gasteiger partial charge in [-0.2, -0.15) is 0 Å². The molecule has 0 spiro atoms. The van der Waals surface area contributed by atoms with Crippen LogP contribution in [0.2, 0.25) is 0 Å². The number of likely N-dealkylation sites (tertiary alicyclic amines) is 1. The number of unbranched alkanes of at least 4 members (excludes halogenated alkanes) is 1.